The van der Waals surface area contributed by atoms with Crippen molar-refractivity contribution in [1.29, 1.82) is 0 Å². The number of fused-ring (bicyclic) bond motifs is 5. The van der Waals surface area contributed by atoms with Gasteiger partial charge in [-0.3, -0.25) is 0 Å². The molecular weight excluding hydrogens is 366 g/mol. The number of allylic oxidation sites excluding steroid dienone is 2. The Morgan fingerprint density at radius 1 is 1.10 bits per heavy atom. The Hall–Kier alpha value is -1.17. The SMILES string of the molecule is CC1=[N+]([O-])C2(C=C1)CC[C@H]1[C@@H]3CC[C@@]4(O)CC5(CCC4=C3CC[C@@]12C)OCCO5. The van der Waals surface area contributed by atoms with Crippen LogP contribution in [0.4, 0.5) is 0 Å². The summed E-state index contributed by atoms with van der Waals surface area (Å²) in [6.07, 6.45) is 12.5. The van der Waals surface area contributed by atoms with Crippen LogP contribution in [0.3, 0.4) is 0 Å². The Morgan fingerprint density at radius 2 is 1.90 bits per heavy atom. The van der Waals surface area contributed by atoms with Gasteiger partial charge in [-0.05, 0) is 62.0 Å². The second-order valence-corrected chi connectivity index (χ2v) is 10.7. The Balaban J connectivity index is 1.36. The van der Waals surface area contributed by atoms with Gasteiger partial charge in [-0.15, -0.1) is 0 Å². The van der Waals surface area contributed by atoms with Crippen LogP contribution in [0.15, 0.2) is 23.3 Å². The van der Waals surface area contributed by atoms with Crippen molar-refractivity contribution in [3.63, 3.8) is 0 Å². The summed E-state index contributed by atoms with van der Waals surface area (Å²) < 4.78 is 13.2. The molecule has 0 aromatic heterocycles. The lowest BCUT2D eigenvalue weighted by atomic mass is 9.52. The molecule has 5 heteroatoms. The maximum absolute atomic E-state index is 13.1. The molecule has 2 spiro atoms. The van der Waals surface area contributed by atoms with Crippen LogP contribution in [0, 0.1) is 22.5 Å². The molecule has 0 amide bonds. The monoisotopic (exact) mass is 399 g/mol. The normalized spacial score (nSPS) is 47.8. The quantitative estimate of drug-likeness (QED) is 0.382. The average molecular weight is 400 g/mol. The first-order valence-electron chi connectivity index (χ1n) is 11.6. The van der Waals surface area contributed by atoms with E-state index in [4.69, 9.17) is 9.47 Å². The molecule has 1 unspecified atom stereocenters. The van der Waals surface area contributed by atoms with Crippen LogP contribution < -0.4 is 0 Å². The summed E-state index contributed by atoms with van der Waals surface area (Å²) in [5.41, 5.74) is 2.56. The fourth-order valence-electron chi connectivity index (χ4n) is 8.26. The van der Waals surface area contributed by atoms with Gasteiger partial charge >= 0.3 is 0 Å². The van der Waals surface area contributed by atoms with Crippen LogP contribution in [-0.2, 0) is 9.47 Å². The van der Waals surface area contributed by atoms with Crippen molar-refractivity contribution >= 4 is 5.71 Å². The molecule has 0 aromatic carbocycles. The molecule has 4 aliphatic carbocycles. The molecule has 0 radical (unpaired) electrons. The van der Waals surface area contributed by atoms with Crippen LogP contribution in [0.1, 0.15) is 71.6 Å². The summed E-state index contributed by atoms with van der Waals surface area (Å²) in [5, 5.41) is 24.8. The van der Waals surface area contributed by atoms with Crippen molar-refractivity contribution < 1.29 is 19.3 Å². The third-order valence-electron chi connectivity index (χ3n) is 9.72. The Kier molecular flexibility index (Phi) is 3.68. The molecule has 1 N–H and O–H groups in total. The van der Waals surface area contributed by atoms with Crippen molar-refractivity contribution in [2.75, 3.05) is 13.2 Å². The number of nitrogens with zero attached hydrogens (tertiary/aromatic N) is 1. The third kappa shape index (κ3) is 2.19. The summed E-state index contributed by atoms with van der Waals surface area (Å²) in [4.78, 5) is 0. The van der Waals surface area contributed by atoms with Crippen LogP contribution in [0.5, 0.6) is 0 Å². The van der Waals surface area contributed by atoms with E-state index in [1.165, 1.54) is 15.9 Å². The second-order valence-electron chi connectivity index (χ2n) is 10.7. The summed E-state index contributed by atoms with van der Waals surface area (Å²) >= 11 is 0. The molecule has 5 nitrogen and oxygen atoms in total. The minimum Gasteiger partial charge on any atom is -0.623 e. The molecule has 6 rings (SSSR count). The first kappa shape index (κ1) is 18.6. The smallest absolute Gasteiger partial charge is 0.197 e. The van der Waals surface area contributed by atoms with Crippen LogP contribution in [0.2, 0.25) is 0 Å². The van der Waals surface area contributed by atoms with E-state index in [-0.39, 0.29) is 11.0 Å². The molecular formula is C24H33NO4. The lowest BCUT2D eigenvalue weighted by Gasteiger charge is -2.54. The lowest BCUT2D eigenvalue weighted by molar-refractivity contribution is -0.551. The van der Waals surface area contributed by atoms with Gasteiger partial charge in [0.25, 0.3) is 0 Å². The predicted molar refractivity (Wildman–Crippen MR) is 109 cm³/mol. The Morgan fingerprint density at radius 3 is 2.62 bits per heavy atom. The highest BCUT2D eigenvalue weighted by Gasteiger charge is 2.67. The topological polar surface area (TPSA) is 64.8 Å². The van der Waals surface area contributed by atoms with E-state index in [1.807, 2.05) is 13.0 Å². The zero-order chi connectivity index (χ0) is 20.1. The maximum Gasteiger partial charge on any atom is 0.197 e. The summed E-state index contributed by atoms with van der Waals surface area (Å²) in [7, 11) is 0. The largest absolute Gasteiger partial charge is 0.623 e. The fourth-order valence-corrected chi connectivity index (χ4v) is 8.26. The minimum atomic E-state index is -0.763. The van der Waals surface area contributed by atoms with E-state index in [9.17, 15) is 10.3 Å². The highest BCUT2D eigenvalue weighted by atomic mass is 16.7. The van der Waals surface area contributed by atoms with E-state index in [0.29, 0.717) is 31.5 Å². The number of hydrogen-bond acceptors (Lipinski definition) is 4. The molecule has 1 saturated heterocycles. The Bertz CT molecular complexity index is 853. The molecule has 0 aromatic rings. The van der Waals surface area contributed by atoms with Crippen molar-refractivity contribution in [2.24, 2.45) is 17.3 Å². The van der Waals surface area contributed by atoms with E-state index in [0.717, 1.165) is 57.1 Å². The maximum atomic E-state index is 13.1. The molecule has 2 heterocycles. The summed E-state index contributed by atoms with van der Waals surface area (Å²) in [6.45, 7) is 5.60. The van der Waals surface area contributed by atoms with Crippen LogP contribution >= 0.6 is 0 Å². The second kappa shape index (κ2) is 5.74. The predicted octanol–water partition coefficient (Wildman–Crippen LogP) is 3.84. The van der Waals surface area contributed by atoms with Gasteiger partial charge in [0.15, 0.2) is 17.0 Å². The molecule has 6 aliphatic rings. The highest BCUT2D eigenvalue weighted by molar-refractivity contribution is 5.90. The molecule has 5 atom stereocenters. The van der Waals surface area contributed by atoms with Crippen molar-refractivity contribution in [2.45, 2.75) is 88.6 Å². The van der Waals surface area contributed by atoms with Gasteiger partial charge in [0.2, 0.25) is 0 Å². The fraction of sp³-hybridized carbons (Fsp3) is 0.792. The van der Waals surface area contributed by atoms with Crippen LogP contribution in [-0.4, -0.2) is 45.7 Å². The third-order valence-corrected chi connectivity index (χ3v) is 9.72. The lowest BCUT2D eigenvalue weighted by Crippen LogP contribution is -2.55. The zero-order valence-electron chi connectivity index (χ0n) is 17.7. The van der Waals surface area contributed by atoms with E-state index >= 15 is 0 Å². The van der Waals surface area contributed by atoms with E-state index in [2.05, 4.69) is 13.0 Å². The minimum absolute atomic E-state index is 0.0146. The molecule has 0 bridgehead atoms. The van der Waals surface area contributed by atoms with Crippen molar-refractivity contribution in [3.8, 4) is 0 Å². The van der Waals surface area contributed by atoms with Gasteiger partial charge < -0.3 is 19.8 Å². The van der Waals surface area contributed by atoms with Gasteiger partial charge in [-0.25, -0.2) is 0 Å². The average Bonchev–Trinajstić information content (AvgIpc) is 3.35. The van der Waals surface area contributed by atoms with Gasteiger partial charge in [0.05, 0.1) is 18.8 Å². The zero-order valence-corrected chi connectivity index (χ0v) is 17.7. The van der Waals surface area contributed by atoms with Gasteiger partial charge in [-0.1, -0.05) is 12.5 Å². The molecule has 3 saturated carbocycles. The molecule has 4 fully saturated rings. The number of aliphatic hydroxyl groups is 1. The standard InChI is InChI=1S/C24H33NO4/c1-16-3-10-23(25(16)27)11-6-19-17-5-9-22(26)15-24(28-13-14-29-24)12-7-20(22)18(17)4-8-21(19,23)2/h3,10,17,19,26H,4-9,11-15H2,1-2H3/t17-,19+,21+,22-,23?/m1/s1. The number of hydrogen-bond donors (Lipinski definition) is 1. The first-order valence-corrected chi connectivity index (χ1v) is 11.6. The van der Waals surface area contributed by atoms with Crippen molar-refractivity contribution in [1.82, 2.24) is 0 Å². The molecule has 29 heavy (non-hydrogen) atoms. The van der Waals surface area contributed by atoms with Gasteiger partial charge in [0, 0.05) is 37.7 Å². The van der Waals surface area contributed by atoms with Crippen LogP contribution in [0.25, 0.3) is 0 Å². The van der Waals surface area contributed by atoms with Crippen molar-refractivity contribution in [3.05, 3.63) is 28.5 Å². The van der Waals surface area contributed by atoms with Gasteiger partial charge in [0.1, 0.15) is 0 Å². The summed E-state index contributed by atoms with van der Waals surface area (Å²) in [6, 6.07) is 0. The first-order chi connectivity index (χ1) is 13.8. The molecule has 2 aliphatic heterocycles. The van der Waals surface area contributed by atoms with E-state index in [1.54, 1.807) is 0 Å². The highest BCUT2D eigenvalue weighted by Crippen LogP contribution is 2.66. The van der Waals surface area contributed by atoms with E-state index < -0.39 is 11.4 Å². The Labute approximate surface area is 173 Å². The summed E-state index contributed by atoms with van der Waals surface area (Å²) in [5.74, 6) is 0.493. The number of hydroxylamine groups is 1. The number of rotatable bonds is 0. The van der Waals surface area contributed by atoms with Gasteiger partial charge in [-0.2, -0.15) is 4.74 Å². The molecule has 158 valence electrons. The number of ether oxygens (including phenoxy) is 2.